The van der Waals surface area contributed by atoms with Crippen molar-refractivity contribution in [3.8, 4) is 0 Å². The molecule has 1 atom stereocenters. The van der Waals surface area contributed by atoms with Gasteiger partial charge in [0.25, 0.3) is 5.91 Å². The highest BCUT2D eigenvalue weighted by atomic mass is 16.2. The number of hydrogen-bond donors (Lipinski definition) is 1. The van der Waals surface area contributed by atoms with Crippen LogP contribution < -0.4 is 5.32 Å². The van der Waals surface area contributed by atoms with Crippen LogP contribution in [-0.4, -0.2) is 59.2 Å². The van der Waals surface area contributed by atoms with E-state index in [0.717, 1.165) is 69.6 Å². The lowest BCUT2D eigenvalue weighted by molar-refractivity contribution is -0.139. The van der Waals surface area contributed by atoms with Gasteiger partial charge >= 0.3 is 0 Å². The fourth-order valence-electron chi connectivity index (χ4n) is 5.79. The van der Waals surface area contributed by atoms with E-state index in [1.807, 2.05) is 9.80 Å². The maximum atomic E-state index is 13.2. The van der Waals surface area contributed by atoms with E-state index in [1.165, 1.54) is 16.8 Å². The molecular formula is C27H30N4O2. The normalized spacial score (nSPS) is 27.3. The summed E-state index contributed by atoms with van der Waals surface area (Å²) >= 11 is 0. The van der Waals surface area contributed by atoms with E-state index in [1.54, 1.807) is 0 Å². The largest absolute Gasteiger partial charge is 0.384 e. The molecule has 0 aromatic heterocycles. The number of allylic oxidation sites excluding steroid dienone is 2. The smallest absolute Gasteiger partial charge is 0.256 e. The topological polar surface area (TPSA) is 65.0 Å². The molecule has 1 spiro atoms. The van der Waals surface area contributed by atoms with Crippen LogP contribution in [0.2, 0.25) is 0 Å². The number of likely N-dealkylation sites (tertiary alicyclic amines) is 1. The summed E-state index contributed by atoms with van der Waals surface area (Å²) in [5.41, 5.74) is 4.64. The first-order valence-electron chi connectivity index (χ1n) is 12.6. The number of amidine groups is 1. The molecule has 3 aliphatic carbocycles. The van der Waals surface area contributed by atoms with Gasteiger partial charge in [-0.25, -0.2) is 0 Å². The molecule has 1 unspecified atom stereocenters. The van der Waals surface area contributed by atoms with E-state index < -0.39 is 5.54 Å². The molecule has 3 fully saturated rings. The number of fused-ring (bicyclic) bond motifs is 1. The second kappa shape index (κ2) is 7.05. The van der Waals surface area contributed by atoms with Crippen LogP contribution in [0.15, 0.2) is 47.0 Å². The second-order valence-electron chi connectivity index (χ2n) is 10.7. The summed E-state index contributed by atoms with van der Waals surface area (Å²) in [4.78, 5) is 34.4. The lowest BCUT2D eigenvalue weighted by Crippen LogP contribution is -2.55. The van der Waals surface area contributed by atoms with Crippen LogP contribution in [-0.2, 0) is 16.0 Å². The molecule has 6 nitrogen and oxygen atoms in total. The summed E-state index contributed by atoms with van der Waals surface area (Å²) in [7, 11) is 0. The van der Waals surface area contributed by atoms with Gasteiger partial charge in [0.05, 0.1) is 0 Å². The summed E-state index contributed by atoms with van der Waals surface area (Å²) in [5.74, 6) is 2.35. The number of nitrogens with zero attached hydrogens (tertiary/aromatic N) is 3. The highest BCUT2D eigenvalue weighted by Gasteiger charge is 2.58. The predicted molar refractivity (Wildman–Crippen MR) is 127 cm³/mol. The number of carbonyl (C=O) groups is 2. The number of nitrogens with one attached hydrogen (secondary N) is 1. The Balaban J connectivity index is 1.05. The fraction of sp³-hybridized carbons (Fsp3) is 0.519. The number of carbonyl (C=O) groups excluding carboxylic acids is 2. The SMILES string of the molecule is O=C(C1CC1)N1CC(CN2C(=O)C3(CC3)N=C2C2=CCC(c3ccc4c(c3)CCN4)C=C2)C1. The molecule has 33 heavy (non-hydrogen) atoms. The molecule has 2 amide bonds. The molecule has 3 heterocycles. The Morgan fingerprint density at radius 2 is 2.06 bits per heavy atom. The minimum atomic E-state index is -0.485. The zero-order valence-electron chi connectivity index (χ0n) is 18.9. The van der Waals surface area contributed by atoms with Gasteiger partial charge < -0.3 is 10.2 Å². The van der Waals surface area contributed by atoms with Gasteiger partial charge in [0.1, 0.15) is 11.4 Å². The van der Waals surface area contributed by atoms with Crippen LogP contribution in [0.1, 0.15) is 49.1 Å². The molecule has 1 N–H and O–H groups in total. The molecule has 7 rings (SSSR count). The van der Waals surface area contributed by atoms with Crippen molar-refractivity contribution in [2.24, 2.45) is 16.8 Å². The number of hydrogen-bond acceptors (Lipinski definition) is 4. The minimum Gasteiger partial charge on any atom is -0.384 e. The number of anilines is 1. The van der Waals surface area contributed by atoms with Crippen molar-refractivity contribution < 1.29 is 9.59 Å². The van der Waals surface area contributed by atoms with Crippen molar-refractivity contribution in [1.29, 1.82) is 0 Å². The van der Waals surface area contributed by atoms with Gasteiger partial charge in [0.2, 0.25) is 5.91 Å². The zero-order valence-corrected chi connectivity index (χ0v) is 18.9. The molecule has 170 valence electrons. The number of rotatable bonds is 5. The maximum absolute atomic E-state index is 13.2. The van der Waals surface area contributed by atoms with Crippen LogP contribution in [0.4, 0.5) is 5.69 Å². The first-order chi connectivity index (χ1) is 16.1. The van der Waals surface area contributed by atoms with E-state index in [0.29, 0.717) is 24.3 Å². The molecular weight excluding hydrogens is 412 g/mol. The number of benzene rings is 1. The number of aliphatic imine (C=N–C) groups is 1. The van der Waals surface area contributed by atoms with Crippen LogP contribution in [0.5, 0.6) is 0 Å². The molecule has 0 bridgehead atoms. The van der Waals surface area contributed by atoms with Crippen molar-refractivity contribution >= 4 is 23.3 Å². The summed E-state index contributed by atoms with van der Waals surface area (Å²) in [6.07, 6.45) is 12.6. The van der Waals surface area contributed by atoms with Gasteiger partial charge in [-0.05, 0) is 55.7 Å². The third kappa shape index (κ3) is 3.25. The fourth-order valence-corrected chi connectivity index (χ4v) is 5.79. The van der Waals surface area contributed by atoms with Crippen LogP contribution in [0.25, 0.3) is 0 Å². The lowest BCUT2D eigenvalue weighted by atomic mass is 9.88. The predicted octanol–water partition coefficient (Wildman–Crippen LogP) is 3.27. The van der Waals surface area contributed by atoms with Crippen LogP contribution in [0, 0.1) is 11.8 Å². The molecule has 3 aliphatic heterocycles. The monoisotopic (exact) mass is 442 g/mol. The zero-order chi connectivity index (χ0) is 22.2. The highest BCUT2D eigenvalue weighted by Crippen LogP contribution is 2.47. The molecule has 1 aromatic carbocycles. The summed E-state index contributed by atoms with van der Waals surface area (Å²) in [6, 6.07) is 6.79. The van der Waals surface area contributed by atoms with Gasteiger partial charge in [0.15, 0.2) is 0 Å². The molecule has 1 saturated heterocycles. The van der Waals surface area contributed by atoms with E-state index in [-0.39, 0.29) is 11.8 Å². The Morgan fingerprint density at radius 1 is 1.21 bits per heavy atom. The van der Waals surface area contributed by atoms with Crippen molar-refractivity contribution in [1.82, 2.24) is 9.80 Å². The Kier molecular flexibility index (Phi) is 4.18. The molecule has 2 saturated carbocycles. The van der Waals surface area contributed by atoms with E-state index in [4.69, 9.17) is 4.99 Å². The first-order valence-corrected chi connectivity index (χ1v) is 12.6. The van der Waals surface area contributed by atoms with Gasteiger partial charge in [-0.3, -0.25) is 19.5 Å². The Bertz CT molecular complexity index is 1130. The van der Waals surface area contributed by atoms with Gasteiger partial charge in [-0.2, -0.15) is 0 Å². The van der Waals surface area contributed by atoms with Crippen LogP contribution >= 0.6 is 0 Å². The maximum Gasteiger partial charge on any atom is 0.256 e. The van der Waals surface area contributed by atoms with Crippen LogP contribution in [0.3, 0.4) is 0 Å². The second-order valence-corrected chi connectivity index (χ2v) is 10.7. The summed E-state index contributed by atoms with van der Waals surface area (Å²) < 4.78 is 0. The standard InChI is InChI=1S/C27H30N4O2/c32-25(20-5-6-20)30-14-17(15-30)16-31-24(29-27(10-11-27)26(31)33)19-3-1-18(2-4-19)21-7-8-23-22(13-21)9-12-28-23/h1,3-4,7-8,13,17-18,20,28H,2,5-6,9-12,14-16H2. The Morgan fingerprint density at radius 3 is 2.79 bits per heavy atom. The first kappa shape index (κ1) is 19.6. The van der Waals surface area contributed by atoms with E-state index >= 15 is 0 Å². The molecule has 6 aliphatic rings. The summed E-state index contributed by atoms with van der Waals surface area (Å²) in [6.45, 7) is 3.27. The average Bonchev–Trinajstić information content (AvgIpc) is 3.72. The highest BCUT2D eigenvalue weighted by molar-refractivity contribution is 6.17. The Hall–Kier alpha value is -2.89. The van der Waals surface area contributed by atoms with E-state index in [9.17, 15) is 9.59 Å². The van der Waals surface area contributed by atoms with Crippen molar-refractivity contribution in [2.45, 2.75) is 50.0 Å². The molecule has 6 heteroatoms. The van der Waals surface area contributed by atoms with Gasteiger partial charge in [-0.15, -0.1) is 0 Å². The van der Waals surface area contributed by atoms with Crippen molar-refractivity contribution in [3.05, 3.63) is 53.1 Å². The third-order valence-corrected chi connectivity index (χ3v) is 8.20. The minimum absolute atomic E-state index is 0.173. The quantitative estimate of drug-likeness (QED) is 0.761. The van der Waals surface area contributed by atoms with E-state index in [2.05, 4.69) is 41.7 Å². The lowest BCUT2D eigenvalue weighted by Gasteiger charge is -2.41. The molecule has 0 radical (unpaired) electrons. The Labute approximate surface area is 194 Å². The molecule has 1 aromatic rings. The van der Waals surface area contributed by atoms with Gasteiger partial charge in [0, 0.05) is 55.2 Å². The van der Waals surface area contributed by atoms with Crippen molar-refractivity contribution in [3.63, 3.8) is 0 Å². The third-order valence-electron chi connectivity index (χ3n) is 8.20. The summed E-state index contributed by atoms with van der Waals surface area (Å²) in [5, 5.41) is 3.43. The van der Waals surface area contributed by atoms with Crippen molar-refractivity contribution in [2.75, 3.05) is 31.5 Å². The average molecular weight is 443 g/mol. The number of amides is 2. The van der Waals surface area contributed by atoms with Gasteiger partial charge in [-0.1, -0.05) is 30.4 Å².